The second-order valence-corrected chi connectivity index (χ2v) is 6.64. The van der Waals surface area contributed by atoms with E-state index in [1.54, 1.807) is 4.90 Å². The molecule has 0 radical (unpaired) electrons. The van der Waals surface area contributed by atoms with Gasteiger partial charge in [0.15, 0.2) is 0 Å². The molecule has 2 aromatic carbocycles. The first kappa shape index (κ1) is 14.9. The van der Waals surface area contributed by atoms with Crippen molar-refractivity contribution in [2.75, 3.05) is 13.1 Å². The van der Waals surface area contributed by atoms with Gasteiger partial charge in [-0.2, -0.15) is 0 Å². The summed E-state index contributed by atoms with van der Waals surface area (Å²) in [5, 5.41) is 11.7. The van der Waals surface area contributed by atoms with Gasteiger partial charge >= 0.3 is 5.97 Å². The summed E-state index contributed by atoms with van der Waals surface area (Å²) < 4.78 is 0. The Morgan fingerprint density at radius 1 is 1.04 bits per heavy atom. The van der Waals surface area contributed by atoms with Crippen molar-refractivity contribution in [2.24, 2.45) is 5.41 Å². The molecule has 4 rings (SSSR count). The molecule has 2 aromatic rings. The number of aliphatic carboxylic acids is 1. The molecule has 1 amide bonds. The first-order valence-electron chi connectivity index (χ1n) is 8.32. The van der Waals surface area contributed by atoms with Gasteiger partial charge in [-0.25, -0.2) is 0 Å². The minimum Gasteiger partial charge on any atom is -0.480 e. The van der Waals surface area contributed by atoms with Crippen LogP contribution in [0.2, 0.25) is 0 Å². The van der Waals surface area contributed by atoms with Gasteiger partial charge in [0.1, 0.15) is 5.41 Å². The van der Waals surface area contributed by atoms with Crippen molar-refractivity contribution in [1.82, 2.24) is 4.90 Å². The van der Waals surface area contributed by atoms with Gasteiger partial charge in [-0.05, 0) is 41.2 Å². The molecular weight excluding hydrogens is 302 g/mol. The van der Waals surface area contributed by atoms with Crippen LogP contribution in [0.25, 0.3) is 16.3 Å². The maximum Gasteiger partial charge on any atom is 0.319 e. The van der Waals surface area contributed by atoms with Crippen molar-refractivity contribution >= 4 is 28.2 Å². The lowest BCUT2D eigenvalue weighted by atomic mass is 9.93. The smallest absolute Gasteiger partial charge is 0.319 e. The summed E-state index contributed by atoms with van der Waals surface area (Å²) in [4.78, 5) is 25.5. The lowest BCUT2D eigenvalue weighted by Crippen LogP contribution is -2.42. The molecule has 1 aliphatic carbocycles. The summed E-state index contributed by atoms with van der Waals surface area (Å²) in [6, 6.07) is 14.6. The zero-order valence-electron chi connectivity index (χ0n) is 13.4. The van der Waals surface area contributed by atoms with Crippen LogP contribution in [0.1, 0.15) is 24.8 Å². The Morgan fingerprint density at radius 3 is 2.46 bits per heavy atom. The van der Waals surface area contributed by atoms with E-state index in [1.165, 1.54) is 21.9 Å². The third kappa shape index (κ3) is 2.30. The fraction of sp³-hybridized carbons (Fsp3) is 0.300. The molecule has 0 spiro atoms. The van der Waals surface area contributed by atoms with Crippen LogP contribution >= 0.6 is 0 Å². The van der Waals surface area contributed by atoms with E-state index in [-0.39, 0.29) is 5.91 Å². The van der Waals surface area contributed by atoms with Crippen molar-refractivity contribution in [1.29, 1.82) is 0 Å². The molecule has 24 heavy (non-hydrogen) atoms. The van der Waals surface area contributed by atoms with Crippen molar-refractivity contribution in [3.05, 3.63) is 54.1 Å². The molecule has 4 nitrogen and oxygen atoms in total. The van der Waals surface area contributed by atoms with E-state index in [0.717, 1.165) is 6.42 Å². The van der Waals surface area contributed by atoms with E-state index in [2.05, 4.69) is 36.4 Å². The lowest BCUT2D eigenvalue weighted by Gasteiger charge is -2.29. The van der Waals surface area contributed by atoms with E-state index < -0.39 is 11.4 Å². The average molecular weight is 321 g/mol. The highest BCUT2D eigenvalue weighted by molar-refractivity contribution is 6.05. The van der Waals surface area contributed by atoms with E-state index in [9.17, 15) is 14.7 Å². The van der Waals surface area contributed by atoms with Crippen LogP contribution < -0.4 is 0 Å². The van der Waals surface area contributed by atoms with E-state index in [0.29, 0.717) is 25.9 Å². The van der Waals surface area contributed by atoms with Gasteiger partial charge < -0.3 is 10.0 Å². The predicted molar refractivity (Wildman–Crippen MR) is 92.4 cm³/mol. The van der Waals surface area contributed by atoms with E-state index in [4.69, 9.17) is 0 Å². The van der Waals surface area contributed by atoms with Crippen molar-refractivity contribution in [2.45, 2.75) is 19.3 Å². The summed E-state index contributed by atoms with van der Waals surface area (Å²) in [5.41, 5.74) is 1.31. The molecule has 1 aliphatic heterocycles. The zero-order chi connectivity index (χ0) is 16.7. The maximum atomic E-state index is 12.5. The number of carboxylic acids is 1. The fourth-order valence-electron chi connectivity index (χ4n) is 3.55. The highest BCUT2D eigenvalue weighted by Gasteiger charge is 2.58. The van der Waals surface area contributed by atoms with Crippen LogP contribution in [0.15, 0.2) is 48.5 Å². The molecule has 0 atom stereocenters. The fourth-order valence-corrected chi connectivity index (χ4v) is 3.55. The molecule has 1 fully saturated rings. The van der Waals surface area contributed by atoms with Crippen LogP contribution in [0.5, 0.6) is 0 Å². The zero-order valence-corrected chi connectivity index (χ0v) is 13.4. The van der Waals surface area contributed by atoms with Crippen LogP contribution in [0.4, 0.5) is 0 Å². The Morgan fingerprint density at radius 2 is 1.79 bits per heavy atom. The number of carboxylic acid groups (broad SMARTS) is 1. The minimum absolute atomic E-state index is 0.219. The van der Waals surface area contributed by atoms with Gasteiger partial charge in [0, 0.05) is 13.1 Å². The van der Waals surface area contributed by atoms with Gasteiger partial charge in [-0.1, -0.05) is 48.5 Å². The monoisotopic (exact) mass is 321 g/mol. The number of hydrogen-bond acceptors (Lipinski definition) is 2. The number of nitrogens with zero attached hydrogens (tertiary/aromatic N) is 1. The van der Waals surface area contributed by atoms with Crippen molar-refractivity contribution in [3.63, 3.8) is 0 Å². The molecule has 0 aromatic heterocycles. The molecule has 1 saturated carbocycles. The summed E-state index contributed by atoms with van der Waals surface area (Å²) in [6.45, 7) is 1.08. The molecule has 1 N–H and O–H groups in total. The number of carbonyl (C=O) groups excluding carboxylic acids is 1. The molecule has 0 bridgehead atoms. The third-order valence-corrected chi connectivity index (χ3v) is 5.20. The molecule has 122 valence electrons. The molecule has 0 unspecified atom stereocenters. The second kappa shape index (κ2) is 5.48. The Hall–Kier alpha value is -2.62. The Bertz CT molecular complexity index is 859. The summed E-state index contributed by atoms with van der Waals surface area (Å²) in [5.74, 6) is -1.19. The topological polar surface area (TPSA) is 57.6 Å². The van der Waals surface area contributed by atoms with Crippen molar-refractivity contribution in [3.8, 4) is 0 Å². The first-order chi connectivity index (χ1) is 11.6. The average Bonchev–Trinajstić information content (AvgIpc) is 3.43. The Kier molecular flexibility index (Phi) is 3.41. The van der Waals surface area contributed by atoms with E-state index >= 15 is 0 Å². The van der Waals surface area contributed by atoms with Gasteiger partial charge in [0.25, 0.3) is 0 Å². The maximum absolute atomic E-state index is 12.5. The molecule has 0 saturated heterocycles. The quantitative estimate of drug-likeness (QED) is 0.882. The minimum atomic E-state index is -1.13. The molecule has 1 heterocycles. The second-order valence-electron chi connectivity index (χ2n) is 6.64. The van der Waals surface area contributed by atoms with Crippen LogP contribution in [-0.4, -0.2) is 35.0 Å². The number of rotatable bonds is 3. The molecule has 2 aliphatic rings. The number of carbonyl (C=O) groups is 2. The van der Waals surface area contributed by atoms with Gasteiger partial charge in [-0.15, -0.1) is 0 Å². The number of fused-ring (bicyclic) bond motifs is 1. The standard InChI is InChI=1S/C20H19NO3/c22-18(20(10-11-20)19(23)24)21-12-8-15(9-13-21)17-7-3-5-14-4-1-2-6-16(14)17/h1-8H,9-13H2,(H,23,24). The van der Waals surface area contributed by atoms with Crippen LogP contribution in [0.3, 0.4) is 0 Å². The van der Waals surface area contributed by atoms with Crippen LogP contribution in [-0.2, 0) is 9.59 Å². The largest absolute Gasteiger partial charge is 0.480 e. The highest BCUT2D eigenvalue weighted by Crippen LogP contribution is 2.48. The highest BCUT2D eigenvalue weighted by atomic mass is 16.4. The Balaban J connectivity index is 1.59. The molecule has 4 heteroatoms. The van der Waals surface area contributed by atoms with Crippen LogP contribution in [0, 0.1) is 5.41 Å². The lowest BCUT2D eigenvalue weighted by molar-refractivity contribution is -0.153. The molecular formula is C20H19NO3. The summed E-state index contributed by atoms with van der Waals surface area (Å²) >= 11 is 0. The summed E-state index contributed by atoms with van der Waals surface area (Å²) in [7, 11) is 0. The van der Waals surface area contributed by atoms with Gasteiger partial charge in [0.2, 0.25) is 5.91 Å². The number of hydrogen-bond donors (Lipinski definition) is 1. The SMILES string of the molecule is O=C(O)C1(C(=O)N2CC=C(c3cccc4ccccc34)CC2)CC1. The van der Waals surface area contributed by atoms with Gasteiger partial charge in [-0.3, -0.25) is 9.59 Å². The number of benzene rings is 2. The van der Waals surface area contributed by atoms with E-state index in [1.807, 2.05) is 12.1 Å². The van der Waals surface area contributed by atoms with Crippen molar-refractivity contribution < 1.29 is 14.7 Å². The summed E-state index contributed by atoms with van der Waals surface area (Å²) in [6.07, 6.45) is 3.77. The normalized spacial score (nSPS) is 19.0. The Labute approximate surface area is 140 Å². The third-order valence-electron chi connectivity index (χ3n) is 5.20. The predicted octanol–water partition coefficient (Wildman–Crippen LogP) is 3.32. The van der Waals surface area contributed by atoms with Gasteiger partial charge in [0.05, 0.1) is 0 Å². The first-order valence-corrected chi connectivity index (χ1v) is 8.32. The number of amides is 1.